The van der Waals surface area contributed by atoms with Crippen LogP contribution in [0.2, 0.25) is 0 Å². The number of aryl methyl sites for hydroxylation is 1. The van der Waals surface area contributed by atoms with E-state index in [0.717, 1.165) is 23.6 Å². The van der Waals surface area contributed by atoms with Crippen LogP contribution in [0.3, 0.4) is 0 Å². The molecule has 0 radical (unpaired) electrons. The van der Waals surface area contributed by atoms with Crippen LogP contribution in [0.25, 0.3) is 5.65 Å². The minimum Gasteiger partial charge on any atom is -0.286 e. The van der Waals surface area contributed by atoms with Gasteiger partial charge in [0.15, 0.2) is 5.65 Å². The number of fused-ring (bicyclic) bond motifs is 1. The van der Waals surface area contributed by atoms with Crippen molar-refractivity contribution in [2.45, 2.75) is 6.42 Å². The lowest BCUT2D eigenvalue weighted by molar-refractivity contribution is 0.918. The molecular formula is C8H9N3S. The van der Waals surface area contributed by atoms with Gasteiger partial charge in [-0.3, -0.25) is 4.40 Å². The molecular weight excluding hydrogens is 170 g/mol. The second-order valence-corrected chi connectivity index (χ2v) is 2.97. The van der Waals surface area contributed by atoms with Gasteiger partial charge in [0.25, 0.3) is 0 Å². The van der Waals surface area contributed by atoms with E-state index in [1.54, 1.807) is 0 Å². The molecule has 2 aromatic rings. The van der Waals surface area contributed by atoms with Crippen LogP contribution in [0.1, 0.15) is 5.82 Å². The molecule has 2 heterocycles. The smallest absolute Gasteiger partial charge is 0.160 e. The van der Waals surface area contributed by atoms with Crippen molar-refractivity contribution in [2.24, 2.45) is 0 Å². The molecule has 0 N–H and O–H groups in total. The van der Waals surface area contributed by atoms with Crippen LogP contribution in [-0.2, 0) is 6.42 Å². The van der Waals surface area contributed by atoms with Crippen LogP contribution in [0, 0.1) is 0 Å². The Bertz CT molecular complexity index is 382. The minimum atomic E-state index is 0.801. The van der Waals surface area contributed by atoms with Crippen LogP contribution in [0.15, 0.2) is 24.4 Å². The first-order chi connectivity index (χ1) is 5.92. The fourth-order valence-electron chi connectivity index (χ4n) is 1.16. The van der Waals surface area contributed by atoms with Crippen molar-refractivity contribution < 1.29 is 0 Å². The van der Waals surface area contributed by atoms with Gasteiger partial charge in [-0.15, -0.1) is 10.2 Å². The molecule has 0 bridgehead atoms. The Hall–Kier alpha value is -1.03. The van der Waals surface area contributed by atoms with Crippen LogP contribution >= 0.6 is 12.6 Å². The van der Waals surface area contributed by atoms with Crippen LogP contribution in [0.5, 0.6) is 0 Å². The Labute approximate surface area is 75.8 Å². The molecule has 0 fully saturated rings. The molecule has 0 aliphatic heterocycles. The number of pyridine rings is 1. The molecule has 2 rings (SSSR count). The second-order valence-electron chi connectivity index (χ2n) is 2.52. The van der Waals surface area contributed by atoms with Gasteiger partial charge < -0.3 is 0 Å². The molecule has 0 spiro atoms. The van der Waals surface area contributed by atoms with Crippen molar-refractivity contribution in [3.05, 3.63) is 30.2 Å². The van der Waals surface area contributed by atoms with E-state index in [1.807, 2.05) is 28.8 Å². The minimum absolute atomic E-state index is 0.801. The van der Waals surface area contributed by atoms with Crippen molar-refractivity contribution in [2.75, 3.05) is 5.75 Å². The first kappa shape index (κ1) is 7.61. The Morgan fingerprint density at radius 3 is 3.08 bits per heavy atom. The lowest BCUT2D eigenvalue weighted by Crippen LogP contribution is -1.94. The summed E-state index contributed by atoms with van der Waals surface area (Å²) in [5.41, 5.74) is 0.897. The Morgan fingerprint density at radius 1 is 1.33 bits per heavy atom. The third-order valence-electron chi connectivity index (χ3n) is 1.72. The number of hydrogen-bond donors (Lipinski definition) is 1. The first-order valence-electron chi connectivity index (χ1n) is 3.81. The second kappa shape index (κ2) is 3.15. The van der Waals surface area contributed by atoms with E-state index >= 15 is 0 Å². The molecule has 0 unspecified atom stereocenters. The molecule has 4 heteroatoms. The zero-order valence-electron chi connectivity index (χ0n) is 6.51. The SMILES string of the molecule is SCCc1nnc2ccccn12. The molecule has 0 atom stereocenters. The Kier molecular flexibility index (Phi) is 1.99. The van der Waals surface area contributed by atoms with Crippen molar-refractivity contribution in [1.29, 1.82) is 0 Å². The highest BCUT2D eigenvalue weighted by molar-refractivity contribution is 7.80. The zero-order chi connectivity index (χ0) is 8.39. The van der Waals surface area contributed by atoms with Crippen molar-refractivity contribution in [1.82, 2.24) is 14.6 Å². The monoisotopic (exact) mass is 179 g/mol. The quantitative estimate of drug-likeness (QED) is 0.702. The van der Waals surface area contributed by atoms with E-state index in [0.29, 0.717) is 0 Å². The van der Waals surface area contributed by atoms with E-state index in [4.69, 9.17) is 0 Å². The number of aromatic nitrogens is 3. The van der Waals surface area contributed by atoms with Crippen molar-refractivity contribution in [3.63, 3.8) is 0 Å². The van der Waals surface area contributed by atoms with Gasteiger partial charge in [-0.25, -0.2) is 0 Å². The number of hydrogen-bond acceptors (Lipinski definition) is 3. The highest BCUT2D eigenvalue weighted by Crippen LogP contribution is 2.03. The third kappa shape index (κ3) is 1.18. The average Bonchev–Trinajstić information content (AvgIpc) is 2.50. The van der Waals surface area contributed by atoms with Gasteiger partial charge in [-0.2, -0.15) is 12.6 Å². The summed E-state index contributed by atoms with van der Waals surface area (Å²) in [4.78, 5) is 0. The zero-order valence-corrected chi connectivity index (χ0v) is 7.41. The molecule has 0 aliphatic rings. The topological polar surface area (TPSA) is 30.2 Å². The summed E-state index contributed by atoms with van der Waals surface area (Å²) in [6.07, 6.45) is 2.82. The summed E-state index contributed by atoms with van der Waals surface area (Å²) in [6, 6.07) is 5.86. The van der Waals surface area contributed by atoms with Crippen molar-refractivity contribution >= 4 is 18.3 Å². The fraction of sp³-hybridized carbons (Fsp3) is 0.250. The fourth-order valence-corrected chi connectivity index (χ4v) is 1.36. The summed E-state index contributed by atoms with van der Waals surface area (Å²) < 4.78 is 1.98. The summed E-state index contributed by atoms with van der Waals surface area (Å²) in [7, 11) is 0. The molecule has 0 saturated heterocycles. The van der Waals surface area contributed by atoms with E-state index in [-0.39, 0.29) is 0 Å². The summed E-state index contributed by atoms with van der Waals surface area (Å²) in [6.45, 7) is 0. The molecule has 0 aromatic carbocycles. The molecule has 0 aliphatic carbocycles. The highest BCUT2D eigenvalue weighted by Gasteiger charge is 2.01. The van der Waals surface area contributed by atoms with Gasteiger partial charge in [0.2, 0.25) is 0 Å². The lowest BCUT2D eigenvalue weighted by atomic mass is 10.4. The van der Waals surface area contributed by atoms with Gasteiger partial charge in [0.05, 0.1) is 0 Å². The molecule has 3 nitrogen and oxygen atoms in total. The standard InChI is InChI=1S/C8H9N3S/c12-6-4-8-10-9-7-3-1-2-5-11(7)8/h1-3,5,12H,4,6H2. The highest BCUT2D eigenvalue weighted by atomic mass is 32.1. The summed E-state index contributed by atoms with van der Waals surface area (Å²) in [5, 5.41) is 8.07. The third-order valence-corrected chi connectivity index (χ3v) is 1.94. The van der Waals surface area contributed by atoms with Gasteiger partial charge in [0.1, 0.15) is 5.82 Å². The average molecular weight is 179 g/mol. The maximum absolute atomic E-state index is 4.15. The van der Waals surface area contributed by atoms with E-state index in [9.17, 15) is 0 Å². The van der Waals surface area contributed by atoms with Gasteiger partial charge >= 0.3 is 0 Å². The Morgan fingerprint density at radius 2 is 2.25 bits per heavy atom. The largest absolute Gasteiger partial charge is 0.286 e. The molecule has 0 amide bonds. The number of nitrogens with zero attached hydrogens (tertiary/aromatic N) is 3. The molecule has 2 aromatic heterocycles. The predicted molar refractivity (Wildman–Crippen MR) is 50.5 cm³/mol. The van der Waals surface area contributed by atoms with Gasteiger partial charge in [-0.1, -0.05) is 6.07 Å². The molecule has 0 saturated carbocycles. The van der Waals surface area contributed by atoms with E-state index in [2.05, 4.69) is 22.8 Å². The number of thiol groups is 1. The van der Waals surface area contributed by atoms with Gasteiger partial charge in [0, 0.05) is 12.6 Å². The predicted octanol–water partition coefficient (Wildman–Crippen LogP) is 1.20. The summed E-state index contributed by atoms with van der Waals surface area (Å²) >= 11 is 4.15. The van der Waals surface area contributed by atoms with Crippen molar-refractivity contribution in [3.8, 4) is 0 Å². The van der Waals surface area contributed by atoms with Gasteiger partial charge in [-0.05, 0) is 17.9 Å². The van der Waals surface area contributed by atoms with Crippen LogP contribution in [0.4, 0.5) is 0 Å². The summed E-state index contributed by atoms with van der Waals surface area (Å²) in [5.74, 6) is 1.77. The normalized spacial score (nSPS) is 10.8. The first-order valence-corrected chi connectivity index (χ1v) is 4.44. The van der Waals surface area contributed by atoms with Crippen LogP contribution in [-0.4, -0.2) is 20.4 Å². The Balaban J connectivity index is 2.55. The number of rotatable bonds is 2. The lowest BCUT2D eigenvalue weighted by Gasteiger charge is -1.94. The van der Waals surface area contributed by atoms with Crippen LogP contribution < -0.4 is 0 Å². The van der Waals surface area contributed by atoms with E-state index < -0.39 is 0 Å². The molecule has 12 heavy (non-hydrogen) atoms. The van der Waals surface area contributed by atoms with E-state index in [1.165, 1.54) is 0 Å². The molecule has 62 valence electrons. The maximum atomic E-state index is 4.15. The maximum Gasteiger partial charge on any atom is 0.160 e.